The maximum atomic E-state index is 13.0. The van der Waals surface area contributed by atoms with Crippen molar-refractivity contribution in [2.45, 2.75) is 19.5 Å². The Labute approximate surface area is 161 Å². The molecule has 2 aromatic carbocycles. The monoisotopic (exact) mass is 410 g/mol. The third kappa shape index (κ3) is 5.43. The van der Waals surface area contributed by atoms with Crippen molar-refractivity contribution in [1.29, 1.82) is 0 Å². The van der Waals surface area contributed by atoms with Crippen molar-refractivity contribution in [3.05, 3.63) is 76.7 Å². The van der Waals surface area contributed by atoms with Gasteiger partial charge in [0.15, 0.2) is 0 Å². The highest BCUT2D eigenvalue weighted by Gasteiger charge is 2.30. The van der Waals surface area contributed by atoms with Gasteiger partial charge in [0, 0.05) is 6.54 Å². The summed E-state index contributed by atoms with van der Waals surface area (Å²) in [5.74, 6) is -1.34. The molecule has 0 unspecified atom stereocenters. The number of amides is 1. The van der Waals surface area contributed by atoms with Crippen LogP contribution in [0.15, 0.2) is 59.7 Å². The van der Waals surface area contributed by atoms with E-state index in [1.165, 1.54) is 42.7 Å². The van der Waals surface area contributed by atoms with Crippen LogP contribution >= 0.6 is 0 Å². The minimum absolute atomic E-state index is 0.0402. The summed E-state index contributed by atoms with van der Waals surface area (Å²) in [7, 11) is 0. The molecule has 1 amide bonds. The fraction of sp³-hybridized carbons (Fsp3) is 0.167. The summed E-state index contributed by atoms with van der Waals surface area (Å²) in [6, 6.07) is 10.2. The average Bonchev–Trinajstić information content (AvgIpc) is 3.01. The van der Waals surface area contributed by atoms with Crippen molar-refractivity contribution in [1.82, 2.24) is 19.7 Å². The lowest BCUT2D eigenvalue weighted by molar-refractivity contribution is -0.274. The van der Waals surface area contributed by atoms with Gasteiger partial charge in [-0.3, -0.25) is 4.79 Å². The van der Waals surface area contributed by atoms with Crippen LogP contribution < -0.4 is 15.7 Å². The van der Waals surface area contributed by atoms with Crippen LogP contribution in [-0.4, -0.2) is 26.6 Å². The van der Waals surface area contributed by atoms with Crippen molar-refractivity contribution in [2.24, 2.45) is 0 Å². The molecule has 0 atom stereocenters. The van der Waals surface area contributed by atoms with Gasteiger partial charge < -0.3 is 10.1 Å². The smallest absolute Gasteiger partial charge is 0.406 e. The summed E-state index contributed by atoms with van der Waals surface area (Å²) >= 11 is 0. The predicted molar refractivity (Wildman–Crippen MR) is 92.8 cm³/mol. The van der Waals surface area contributed by atoms with Crippen LogP contribution in [0.25, 0.3) is 5.69 Å². The lowest BCUT2D eigenvalue weighted by atomic mass is 10.2. The Balaban J connectivity index is 1.57. The molecule has 0 aliphatic heterocycles. The molecule has 11 heteroatoms. The summed E-state index contributed by atoms with van der Waals surface area (Å²) in [6.07, 6.45) is -3.57. The molecule has 0 fully saturated rings. The van der Waals surface area contributed by atoms with E-state index in [9.17, 15) is 27.2 Å². The van der Waals surface area contributed by atoms with Crippen molar-refractivity contribution < 1.29 is 27.1 Å². The Kier molecular flexibility index (Phi) is 5.66. The Hall–Kier alpha value is -3.63. The summed E-state index contributed by atoms with van der Waals surface area (Å²) in [4.78, 5) is 24.3. The number of hydrogen-bond acceptors (Lipinski definition) is 4. The van der Waals surface area contributed by atoms with Gasteiger partial charge in [-0.05, 0) is 42.0 Å². The Morgan fingerprint density at radius 1 is 1.07 bits per heavy atom. The fourth-order valence-corrected chi connectivity index (χ4v) is 2.43. The van der Waals surface area contributed by atoms with Crippen molar-refractivity contribution >= 4 is 5.91 Å². The van der Waals surface area contributed by atoms with E-state index in [1.54, 1.807) is 0 Å². The molecule has 7 nitrogen and oxygen atoms in total. The van der Waals surface area contributed by atoms with Crippen LogP contribution in [0.5, 0.6) is 5.75 Å². The van der Waals surface area contributed by atoms with Gasteiger partial charge in [0.2, 0.25) is 5.91 Å². The molecule has 0 bridgehead atoms. The van der Waals surface area contributed by atoms with E-state index in [0.29, 0.717) is 11.3 Å². The first kappa shape index (κ1) is 20.1. The normalized spacial score (nSPS) is 11.3. The van der Waals surface area contributed by atoms with Crippen molar-refractivity contribution in [3.63, 3.8) is 0 Å². The molecule has 1 heterocycles. The number of aromatic nitrogens is 3. The zero-order valence-corrected chi connectivity index (χ0v) is 14.7. The zero-order chi connectivity index (χ0) is 21.0. The zero-order valence-electron chi connectivity index (χ0n) is 14.7. The van der Waals surface area contributed by atoms with Crippen molar-refractivity contribution in [2.75, 3.05) is 0 Å². The van der Waals surface area contributed by atoms with Gasteiger partial charge in [-0.2, -0.15) is 5.10 Å². The van der Waals surface area contributed by atoms with Gasteiger partial charge in [0.25, 0.3) is 0 Å². The highest BCUT2D eigenvalue weighted by Crippen LogP contribution is 2.22. The lowest BCUT2D eigenvalue weighted by Crippen LogP contribution is -2.33. The van der Waals surface area contributed by atoms with E-state index in [0.717, 1.165) is 21.4 Å². The molecule has 0 saturated heterocycles. The second kappa shape index (κ2) is 8.17. The van der Waals surface area contributed by atoms with Gasteiger partial charge in [-0.1, -0.05) is 12.1 Å². The molecule has 1 N–H and O–H groups in total. The molecule has 1 aromatic heterocycles. The van der Waals surface area contributed by atoms with Crippen LogP contribution in [0.3, 0.4) is 0 Å². The van der Waals surface area contributed by atoms with Gasteiger partial charge in [0.05, 0.1) is 5.69 Å². The number of alkyl halides is 3. The third-order valence-electron chi connectivity index (χ3n) is 3.78. The minimum atomic E-state index is -4.78. The predicted octanol–water partition coefficient (Wildman–Crippen LogP) is 2.39. The van der Waals surface area contributed by atoms with Crippen molar-refractivity contribution in [3.8, 4) is 11.4 Å². The Morgan fingerprint density at radius 3 is 2.34 bits per heavy atom. The van der Waals surface area contributed by atoms with Gasteiger partial charge in [0.1, 0.15) is 24.4 Å². The molecular weight excluding hydrogens is 396 g/mol. The summed E-state index contributed by atoms with van der Waals surface area (Å²) in [5.41, 5.74) is 0.349. The number of halogens is 4. The van der Waals surface area contributed by atoms with Crippen LogP contribution in [-0.2, 0) is 17.9 Å². The van der Waals surface area contributed by atoms with Gasteiger partial charge >= 0.3 is 12.1 Å². The Bertz CT molecular complexity index is 1040. The van der Waals surface area contributed by atoms with Crippen LogP contribution in [0.2, 0.25) is 0 Å². The van der Waals surface area contributed by atoms with E-state index >= 15 is 0 Å². The number of ether oxygens (including phenoxy) is 1. The average molecular weight is 410 g/mol. The minimum Gasteiger partial charge on any atom is -0.406 e. The van der Waals surface area contributed by atoms with E-state index < -0.39 is 23.8 Å². The number of hydrogen-bond donors (Lipinski definition) is 1. The maximum Gasteiger partial charge on any atom is 0.573 e. The fourth-order valence-electron chi connectivity index (χ4n) is 2.43. The molecule has 0 saturated carbocycles. The molecular formula is C18H14F4N4O3. The second-order valence-corrected chi connectivity index (χ2v) is 5.89. The van der Waals surface area contributed by atoms with Crippen LogP contribution in [0.1, 0.15) is 5.56 Å². The first-order valence-electron chi connectivity index (χ1n) is 8.23. The summed E-state index contributed by atoms with van der Waals surface area (Å²) < 4.78 is 55.2. The molecule has 29 heavy (non-hydrogen) atoms. The number of rotatable bonds is 6. The molecule has 152 valence electrons. The number of carbonyl (C=O) groups is 1. The first-order chi connectivity index (χ1) is 13.7. The molecule has 3 aromatic rings. The summed E-state index contributed by atoms with van der Waals surface area (Å²) in [5, 5.41) is 6.38. The van der Waals surface area contributed by atoms with Gasteiger partial charge in [-0.15, -0.1) is 13.2 Å². The van der Waals surface area contributed by atoms with E-state index in [1.807, 2.05) is 0 Å². The first-order valence-corrected chi connectivity index (χ1v) is 8.23. The largest absolute Gasteiger partial charge is 0.573 e. The highest BCUT2D eigenvalue weighted by molar-refractivity contribution is 5.75. The van der Waals surface area contributed by atoms with E-state index in [2.05, 4.69) is 15.2 Å². The second-order valence-electron chi connectivity index (χ2n) is 5.89. The molecule has 3 rings (SSSR count). The molecule has 0 aliphatic carbocycles. The lowest BCUT2D eigenvalue weighted by Gasteiger charge is -2.09. The number of nitrogens with one attached hydrogen (secondary N) is 1. The molecule has 0 radical (unpaired) electrons. The number of nitrogens with zero attached hydrogens (tertiary/aromatic N) is 3. The van der Waals surface area contributed by atoms with Gasteiger partial charge in [-0.25, -0.2) is 18.4 Å². The van der Waals surface area contributed by atoms with Crippen LogP contribution in [0, 0.1) is 5.82 Å². The number of carbonyl (C=O) groups excluding carboxylic acids is 1. The molecule has 0 spiro atoms. The topological polar surface area (TPSA) is 78.2 Å². The third-order valence-corrected chi connectivity index (χ3v) is 3.78. The molecule has 0 aliphatic rings. The number of benzene rings is 2. The van der Waals surface area contributed by atoms with E-state index in [-0.39, 0.29) is 18.8 Å². The van der Waals surface area contributed by atoms with E-state index in [4.69, 9.17) is 0 Å². The standard InChI is InChI=1S/C18H14F4N4O3/c19-13-3-5-14(6-4-13)25-11-24-26(17(25)28)10-16(27)23-9-12-1-7-15(8-2-12)29-18(20,21)22/h1-8,11H,9-10H2,(H,23,27). The highest BCUT2D eigenvalue weighted by atomic mass is 19.4. The quantitative estimate of drug-likeness (QED) is 0.633. The maximum absolute atomic E-state index is 13.0. The van der Waals surface area contributed by atoms with Crippen LogP contribution in [0.4, 0.5) is 17.6 Å². The summed E-state index contributed by atoms with van der Waals surface area (Å²) in [6.45, 7) is -0.319. The SMILES string of the molecule is O=C(Cn1ncn(-c2ccc(F)cc2)c1=O)NCc1ccc(OC(F)(F)F)cc1. The Morgan fingerprint density at radius 2 is 1.72 bits per heavy atom.